The van der Waals surface area contributed by atoms with E-state index in [1.165, 1.54) is 11.1 Å². The van der Waals surface area contributed by atoms with Crippen LogP contribution in [0.1, 0.15) is 36.1 Å². The molecule has 1 aliphatic heterocycles. The van der Waals surface area contributed by atoms with Gasteiger partial charge in [-0.05, 0) is 67.8 Å². The lowest BCUT2D eigenvalue weighted by atomic mass is 9.99. The van der Waals surface area contributed by atoms with Crippen LogP contribution in [0, 0.1) is 0 Å². The number of amides is 1. The van der Waals surface area contributed by atoms with Crippen LogP contribution in [-0.4, -0.2) is 52.4 Å². The molecule has 2 aliphatic rings. The number of carbonyl (C=O) groups excluding carboxylic acids is 1. The van der Waals surface area contributed by atoms with Crippen LogP contribution in [0.25, 0.3) is 28.2 Å². The van der Waals surface area contributed by atoms with Gasteiger partial charge < -0.3 is 19.8 Å². The van der Waals surface area contributed by atoms with Gasteiger partial charge >= 0.3 is 0 Å². The number of aryl methyl sites for hydroxylation is 1. The summed E-state index contributed by atoms with van der Waals surface area (Å²) in [7, 11) is 4.00. The van der Waals surface area contributed by atoms with Gasteiger partial charge in [-0.2, -0.15) is 0 Å². The van der Waals surface area contributed by atoms with Crippen LogP contribution >= 0.6 is 0 Å². The molecule has 1 aliphatic carbocycles. The largest absolute Gasteiger partial charge is 0.354 e. The van der Waals surface area contributed by atoms with Gasteiger partial charge in [0.05, 0.1) is 11.3 Å². The number of aromatic nitrogens is 2. The molecule has 2 aromatic heterocycles. The molecule has 1 aromatic carbocycles. The third-order valence-corrected chi connectivity index (χ3v) is 6.60. The maximum atomic E-state index is 12.7. The summed E-state index contributed by atoms with van der Waals surface area (Å²) in [6.45, 7) is 1.69. The average molecular weight is 417 g/mol. The van der Waals surface area contributed by atoms with E-state index in [0.29, 0.717) is 18.0 Å². The van der Waals surface area contributed by atoms with E-state index in [0.717, 1.165) is 54.6 Å². The van der Waals surface area contributed by atoms with E-state index in [9.17, 15) is 9.59 Å². The zero-order chi connectivity index (χ0) is 21.5. The normalized spacial score (nSPS) is 18.4. The molecule has 1 atom stereocenters. The average Bonchev–Trinajstić information content (AvgIpc) is 3.31. The molecule has 0 saturated carbocycles. The first-order valence-electron chi connectivity index (χ1n) is 11.0. The predicted octanol–water partition coefficient (Wildman–Crippen LogP) is 3.54. The number of H-pyrrole nitrogens is 2. The number of fused-ring (bicyclic) bond motifs is 2. The van der Waals surface area contributed by atoms with Crippen LogP contribution < -0.4 is 5.56 Å². The highest BCUT2D eigenvalue weighted by Gasteiger charge is 2.28. The predicted molar refractivity (Wildman–Crippen MR) is 124 cm³/mol. The summed E-state index contributed by atoms with van der Waals surface area (Å²) in [4.78, 5) is 35.0. The van der Waals surface area contributed by atoms with Crippen molar-refractivity contribution in [3.63, 3.8) is 0 Å². The van der Waals surface area contributed by atoms with E-state index in [1.807, 2.05) is 24.1 Å². The first kappa shape index (κ1) is 19.8. The fraction of sp³-hybridized carbons (Fsp3) is 0.360. The van der Waals surface area contributed by atoms with Crippen molar-refractivity contribution in [1.29, 1.82) is 0 Å². The lowest BCUT2D eigenvalue weighted by Gasteiger charge is -2.26. The smallest absolute Gasteiger partial charge is 0.257 e. The molecule has 0 radical (unpaired) electrons. The zero-order valence-corrected chi connectivity index (χ0v) is 18.1. The van der Waals surface area contributed by atoms with Crippen LogP contribution in [0.5, 0.6) is 0 Å². The summed E-state index contributed by atoms with van der Waals surface area (Å²) in [5.41, 5.74) is 5.84. The Labute approximate surface area is 181 Å². The van der Waals surface area contributed by atoms with Gasteiger partial charge in [-0.3, -0.25) is 9.59 Å². The van der Waals surface area contributed by atoms with E-state index < -0.39 is 0 Å². The van der Waals surface area contributed by atoms with E-state index >= 15 is 0 Å². The molecule has 1 saturated heterocycles. The fourth-order valence-corrected chi connectivity index (χ4v) is 4.82. The maximum Gasteiger partial charge on any atom is 0.257 e. The number of nitrogens with one attached hydrogen (secondary N) is 2. The standard InChI is InChI=1S/C25H28N4O2/c1-28(15-19-8-10-24(30)29(19)2)14-16-7-9-22-18(11-16)13-23(26-22)20-12-17-5-3-4-6-21(17)27-25(20)31/h4,6-7,9,11-13,19,26H,3,5,8,10,14-15H2,1-2H3,(H,27,31). The Kier molecular flexibility index (Phi) is 5.02. The van der Waals surface area contributed by atoms with Crippen LogP contribution in [0.2, 0.25) is 0 Å². The van der Waals surface area contributed by atoms with E-state index in [4.69, 9.17) is 0 Å². The molecule has 1 unspecified atom stereocenters. The molecule has 3 aromatic rings. The van der Waals surface area contributed by atoms with Crippen molar-refractivity contribution in [3.05, 3.63) is 63.6 Å². The van der Waals surface area contributed by atoms with Gasteiger partial charge in [0.25, 0.3) is 5.56 Å². The lowest BCUT2D eigenvalue weighted by Crippen LogP contribution is -2.37. The van der Waals surface area contributed by atoms with Crippen molar-refractivity contribution < 1.29 is 4.79 Å². The molecule has 6 heteroatoms. The van der Waals surface area contributed by atoms with Crippen LogP contribution in [-0.2, 0) is 17.8 Å². The molecule has 5 rings (SSSR count). The van der Waals surface area contributed by atoms with Crippen molar-refractivity contribution in [2.75, 3.05) is 20.6 Å². The number of hydrogen-bond acceptors (Lipinski definition) is 3. The number of carbonyl (C=O) groups is 1. The van der Waals surface area contributed by atoms with Crippen LogP contribution in [0.3, 0.4) is 0 Å². The minimum atomic E-state index is -0.0629. The Morgan fingerprint density at radius 1 is 1.13 bits per heavy atom. The van der Waals surface area contributed by atoms with Gasteiger partial charge in [-0.15, -0.1) is 0 Å². The number of aromatic amines is 2. The minimum absolute atomic E-state index is 0.0629. The van der Waals surface area contributed by atoms with Crippen molar-refractivity contribution in [2.24, 2.45) is 0 Å². The number of pyridine rings is 1. The number of likely N-dealkylation sites (tertiary alicyclic amines) is 1. The second-order valence-corrected chi connectivity index (χ2v) is 8.89. The number of likely N-dealkylation sites (N-methyl/N-ethyl adjacent to an activating group) is 2. The quantitative estimate of drug-likeness (QED) is 0.668. The van der Waals surface area contributed by atoms with E-state index in [-0.39, 0.29) is 11.5 Å². The van der Waals surface area contributed by atoms with Crippen molar-refractivity contribution in [3.8, 4) is 11.3 Å². The SMILES string of the molecule is CN(Cc1ccc2[nH]c(-c3cc4c([nH]c3=O)C=CCC4)cc2c1)CC1CCC(=O)N1C. The number of hydrogen-bond donors (Lipinski definition) is 2. The Bertz CT molecular complexity index is 1240. The Morgan fingerprint density at radius 2 is 2.00 bits per heavy atom. The number of nitrogens with zero attached hydrogens (tertiary/aromatic N) is 2. The summed E-state index contributed by atoms with van der Waals surface area (Å²) in [6.07, 6.45) is 7.65. The summed E-state index contributed by atoms with van der Waals surface area (Å²) in [6, 6.07) is 10.8. The fourth-order valence-electron chi connectivity index (χ4n) is 4.82. The topological polar surface area (TPSA) is 72.2 Å². The first-order valence-corrected chi connectivity index (χ1v) is 11.0. The summed E-state index contributed by atoms with van der Waals surface area (Å²) in [5.74, 6) is 0.243. The van der Waals surface area contributed by atoms with Gasteiger partial charge in [0, 0.05) is 49.2 Å². The number of rotatable bonds is 5. The Morgan fingerprint density at radius 3 is 2.81 bits per heavy atom. The highest BCUT2D eigenvalue weighted by molar-refractivity contribution is 5.86. The molecule has 1 fully saturated rings. The maximum absolute atomic E-state index is 12.7. The molecule has 1 amide bonds. The Balaban J connectivity index is 1.36. The zero-order valence-electron chi connectivity index (χ0n) is 18.1. The molecule has 31 heavy (non-hydrogen) atoms. The van der Waals surface area contributed by atoms with E-state index in [1.54, 1.807) is 0 Å². The molecular formula is C25H28N4O2. The molecule has 0 bridgehead atoms. The molecule has 160 valence electrons. The summed E-state index contributed by atoms with van der Waals surface area (Å²) < 4.78 is 0. The lowest BCUT2D eigenvalue weighted by molar-refractivity contribution is -0.127. The van der Waals surface area contributed by atoms with Crippen LogP contribution in [0.4, 0.5) is 0 Å². The van der Waals surface area contributed by atoms with Crippen molar-refractivity contribution in [2.45, 2.75) is 38.3 Å². The van der Waals surface area contributed by atoms with Gasteiger partial charge in [-0.1, -0.05) is 12.1 Å². The second kappa shape index (κ2) is 7.85. The minimum Gasteiger partial charge on any atom is -0.354 e. The molecule has 3 heterocycles. The Hall–Kier alpha value is -3.12. The molecule has 0 spiro atoms. The summed E-state index contributed by atoms with van der Waals surface area (Å²) >= 11 is 0. The summed E-state index contributed by atoms with van der Waals surface area (Å²) in [5, 5.41) is 1.10. The van der Waals surface area contributed by atoms with Gasteiger partial charge in [0.1, 0.15) is 0 Å². The monoisotopic (exact) mass is 416 g/mol. The van der Waals surface area contributed by atoms with Gasteiger partial charge in [-0.25, -0.2) is 0 Å². The highest BCUT2D eigenvalue weighted by atomic mass is 16.2. The highest BCUT2D eigenvalue weighted by Crippen LogP contribution is 2.26. The van der Waals surface area contributed by atoms with Crippen molar-refractivity contribution >= 4 is 22.9 Å². The third-order valence-electron chi connectivity index (χ3n) is 6.60. The number of benzene rings is 1. The molecular weight excluding hydrogens is 388 g/mol. The van der Waals surface area contributed by atoms with Gasteiger partial charge in [0.2, 0.25) is 5.91 Å². The first-order chi connectivity index (χ1) is 15.0. The number of allylic oxidation sites excluding steroid dienone is 1. The van der Waals surface area contributed by atoms with E-state index in [2.05, 4.69) is 52.3 Å². The third kappa shape index (κ3) is 3.83. The van der Waals surface area contributed by atoms with Crippen LogP contribution in [0.15, 0.2) is 41.2 Å². The molecule has 2 N–H and O–H groups in total. The van der Waals surface area contributed by atoms with Crippen molar-refractivity contribution in [1.82, 2.24) is 19.8 Å². The molecule has 6 nitrogen and oxygen atoms in total. The second-order valence-electron chi connectivity index (χ2n) is 8.89. The van der Waals surface area contributed by atoms with Gasteiger partial charge in [0.15, 0.2) is 0 Å².